The van der Waals surface area contributed by atoms with Crippen LogP contribution in [0.4, 0.5) is 0 Å². The number of hydrogen-bond donors (Lipinski definition) is 0. The highest BCUT2D eigenvalue weighted by Gasteiger charge is 2.03. The maximum absolute atomic E-state index is 11.0. The molecule has 0 N–H and O–H groups in total. The molecule has 0 heterocycles. The van der Waals surface area contributed by atoms with Gasteiger partial charge in [-0.15, -0.1) is 0 Å². The average Bonchev–Trinajstić information content (AvgIpc) is 2.18. The van der Waals surface area contributed by atoms with Gasteiger partial charge >= 0.3 is 5.97 Å². The van der Waals surface area contributed by atoms with E-state index in [1.807, 2.05) is 18.2 Å². The molecule has 2 nitrogen and oxygen atoms in total. The van der Waals surface area contributed by atoms with Gasteiger partial charge in [0.25, 0.3) is 0 Å². The highest BCUT2D eigenvalue weighted by molar-refractivity contribution is 5.73. The Hall–Kier alpha value is -1.57. The van der Waals surface area contributed by atoms with E-state index in [1.165, 1.54) is 0 Å². The summed E-state index contributed by atoms with van der Waals surface area (Å²) in [7, 11) is 0. The normalized spacial score (nSPS) is 9.31. The second kappa shape index (κ2) is 4.45. The molecule has 68 valence electrons. The van der Waals surface area contributed by atoms with Crippen LogP contribution in [0.15, 0.2) is 30.8 Å². The maximum atomic E-state index is 11.0. The fourth-order valence-corrected chi connectivity index (χ4v) is 0.937. The van der Waals surface area contributed by atoms with E-state index in [-0.39, 0.29) is 5.97 Å². The van der Waals surface area contributed by atoms with Crippen molar-refractivity contribution < 1.29 is 9.53 Å². The fourth-order valence-electron chi connectivity index (χ4n) is 0.937. The lowest BCUT2D eigenvalue weighted by molar-refractivity contribution is -0.134. The molecular formula is C11H12O2. The number of benzene rings is 1. The van der Waals surface area contributed by atoms with Crippen molar-refractivity contribution in [1.29, 1.82) is 0 Å². The minimum atomic E-state index is -0.227. The standard InChI is InChI=1S/C11H12O2/c1-3-9-7-5-6-8-10(9)13-11(12)4-2/h3,5-8H,1,4H2,2H3. The molecule has 0 spiro atoms. The third-order valence-electron chi connectivity index (χ3n) is 1.65. The fraction of sp³-hybridized carbons (Fsp3) is 0.182. The molecule has 0 fully saturated rings. The minimum Gasteiger partial charge on any atom is -0.426 e. The predicted octanol–water partition coefficient (Wildman–Crippen LogP) is 2.65. The van der Waals surface area contributed by atoms with Gasteiger partial charge in [-0.25, -0.2) is 0 Å². The van der Waals surface area contributed by atoms with Crippen LogP contribution >= 0.6 is 0 Å². The smallest absolute Gasteiger partial charge is 0.310 e. The largest absolute Gasteiger partial charge is 0.426 e. The summed E-state index contributed by atoms with van der Waals surface area (Å²) in [5.41, 5.74) is 0.837. The summed E-state index contributed by atoms with van der Waals surface area (Å²) in [6, 6.07) is 7.31. The summed E-state index contributed by atoms with van der Waals surface area (Å²) in [6.45, 7) is 5.40. The molecule has 0 unspecified atom stereocenters. The summed E-state index contributed by atoms with van der Waals surface area (Å²) in [6.07, 6.45) is 2.05. The van der Waals surface area contributed by atoms with Gasteiger partial charge in [0, 0.05) is 12.0 Å². The molecule has 1 aromatic carbocycles. The lowest BCUT2D eigenvalue weighted by Gasteiger charge is -2.05. The van der Waals surface area contributed by atoms with Crippen LogP contribution in [0, 0.1) is 0 Å². The molecule has 0 aliphatic carbocycles. The van der Waals surface area contributed by atoms with E-state index in [0.29, 0.717) is 12.2 Å². The molecule has 0 bridgehead atoms. The van der Waals surface area contributed by atoms with Gasteiger partial charge in [-0.1, -0.05) is 37.8 Å². The van der Waals surface area contributed by atoms with Gasteiger partial charge < -0.3 is 4.74 Å². The lowest BCUT2D eigenvalue weighted by Crippen LogP contribution is -2.06. The SMILES string of the molecule is C=Cc1ccccc1OC(=O)CC. The Kier molecular flexibility index (Phi) is 3.26. The lowest BCUT2D eigenvalue weighted by atomic mass is 10.2. The first-order valence-electron chi connectivity index (χ1n) is 4.20. The van der Waals surface area contributed by atoms with E-state index < -0.39 is 0 Å². The second-order valence-corrected chi connectivity index (χ2v) is 2.57. The zero-order valence-corrected chi connectivity index (χ0v) is 7.62. The highest BCUT2D eigenvalue weighted by Crippen LogP contribution is 2.18. The average molecular weight is 176 g/mol. The summed E-state index contributed by atoms with van der Waals surface area (Å²) in [5, 5.41) is 0. The number of carbonyl (C=O) groups is 1. The third-order valence-corrected chi connectivity index (χ3v) is 1.65. The van der Waals surface area contributed by atoms with Gasteiger partial charge in [-0.2, -0.15) is 0 Å². The Morgan fingerprint density at radius 1 is 1.54 bits per heavy atom. The summed E-state index contributed by atoms with van der Waals surface area (Å²) in [4.78, 5) is 11.0. The van der Waals surface area contributed by atoms with Crippen LogP contribution in [0.25, 0.3) is 6.08 Å². The Morgan fingerprint density at radius 3 is 2.85 bits per heavy atom. The Bertz CT molecular complexity index is 316. The van der Waals surface area contributed by atoms with Gasteiger partial charge in [0.15, 0.2) is 0 Å². The van der Waals surface area contributed by atoms with E-state index in [4.69, 9.17) is 4.74 Å². The van der Waals surface area contributed by atoms with E-state index >= 15 is 0 Å². The Balaban J connectivity index is 2.87. The first-order chi connectivity index (χ1) is 6.27. The van der Waals surface area contributed by atoms with Crippen LogP contribution in [0.5, 0.6) is 5.75 Å². The number of ether oxygens (including phenoxy) is 1. The van der Waals surface area contributed by atoms with Crippen molar-refractivity contribution in [2.75, 3.05) is 0 Å². The second-order valence-electron chi connectivity index (χ2n) is 2.57. The zero-order chi connectivity index (χ0) is 9.68. The van der Waals surface area contributed by atoms with Crippen LogP contribution in [-0.4, -0.2) is 5.97 Å². The van der Waals surface area contributed by atoms with Crippen LogP contribution in [0.3, 0.4) is 0 Å². The summed E-state index contributed by atoms with van der Waals surface area (Å²) < 4.78 is 5.08. The third kappa shape index (κ3) is 2.44. The molecule has 0 saturated heterocycles. The monoisotopic (exact) mass is 176 g/mol. The number of para-hydroxylation sites is 1. The maximum Gasteiger partial charge on any atom is 0.310 e. The van der Waals surface area contributed by atoms with Crippen LogP contribution in [-0.2, 0) is 4.79 Å². The molecule has 0 aliphatic rings. The molecular weight excluding hydrogens is 164 g/mol. The van der Waals surface area contributed by atoms with Crippen LogP contribution in [0.1, 0.15) is 18.9 Å². The number of rotatable bonds is 3. The molecule has 0 radical (unpaired) electrons. The Morgan fingerprint density at radius 2 is 2.23 bits per heavy atom. The number of hydrogen-bond acceptors (Lipinski definition) is 2. The molecule has 0 amide bonds. The van der Waals surface area contributed by atoms with Crippen molar-refractivity contribution in [3.63, 3.8) is 0 Å². The van der Waals surface area contributed by atoms with Gasteiger partial charge in [-0.05, 0) is 6.07 Å². The van der Waals surface area contributed by atoms with Gasteiger partial charge in [0.05, 0.1) is 0 Å². The van der Waals surface area contributed by atoms with Gasteiger partial charge in [-0.3, -0.25) is 4.79 Å². The summed E-state index contributed by atoms with van der Waals surface area (Å²) in [5.74, 6) is 0.346. The molecule has 13 heavy (non-hydrogen) atoms. The number of esters is 1. The highest BCUT2D eigenvalue weighted by atomic mass is 16.5. The van der Waals surface area contributed by atoms with E-state index in [0.717, 1.165) is 5.56 Å². The van der Waals surface area contributed by atoms with E-state index in [1.54, 1.807) is 19.1 Å². The zero-order valence-electron chi connectivity index (χ0n) is 7.62. The first-order valence-corrected chi connectivity index (χ1v) is 4.20. The van der Waals surface area contributed by atoms with Crippen molar-refractivity contribution in [2.24, 2.45) is 0 Å². The molecule has 1 aromatic rings. The van der Waals surface area contributed by atoms with Crippen molar-refractivity contribution in [3.05, 3.63) is 36.4 Å². The van der Waals surface area contributed by atoms with E-state index in [9.17, 15) is 4.79 Å². The van der Waals surface area contributed by atoms with Gasteiger partial charge in [0.2, 0.25) is 0 Å². The minimum absolute atomic E-state index is 0.227. The number of carbonyl (C=O) groups excluding carboxylic acids is 1. The first kappa shape index (κ1) is 9.52. The Labute approximate surface area is 77.8 Å². The molecule has 0 saturated carbocycles. The van der Waals surface area contributed by atoms with Crippen molar-refractivity contribution >= 4 is 12.0 Å². The van der Waals surface area contributed by atoms with E-state index in [2.05, 4.69) is 6.58 Å². The molecule has 2 heteroatoms. The van der Waals surface area contributed by atoms with Crippen molar-refractivity contribution in [3.8, 4) is 5.75 Å². The topological polar surface area (TPSA) is 26.3 Å². The van der Waals surface area contributed by atoms with Crippen molar-refractivity contribution in [1.82, 2.24) is 0 Å². The molecule has 0 atom stereocenters. The summed E-state index contributed by atoms with van der Waals surface area (Å²) >= 11 is 0. The quantitative estimate of drug-likeness (QED) is 0.522. The molecule has 1 rings (SSSR count). The van der Waals surface area contributed by atoms with Crippen LogP contribution < -0.4 is 4.74 Å². The molecule has 0 aliphatic heterocycles. The van der Waals surface area contributed by atoms with Gasteiger partial charge in [0.1, 0.15) is 5.75 Å². The van der Waals surface area contributed by atoms with Crippen molar-refractivity contribution in [2.45, 2.75) is 13.3 Å². The van der Waals surface area contributed by atoms with Crippen LogP contribution in [0.2, 0.25) is 0 Å². The predicted molar refractivity (Wildman–Crippen MR) is 52.5 cm³/mol. The molecule has 0 aromatic heterocycles.